The number of allylic oxidation sites excluding steroid dienone is 2. The Morgan fingerprint density at radius 3 is 1.69 bits per heavy atom. The fraction of sp³-hybridized carbons (Fsp3) is 0. The number of nitrogens with zero attached hydrogens (tertiary/aromatic N) is 2. The van der Waals surface area contributed by atoms with E-state index in [0.29, 0.717) is 0 Å². The van der Waals surface area contributed by atoms with Gasteiger partial charge in [0.15, 0.2) is 0 Å². The fourth-order valence-electron chi connectivity index (χ4n) is 0.791. The summed E-state index contributed by atoms with van der Waals surface area (Å²) in [6.45, 7) is 0. The third kappa shape index (κ3) is 4.98. The first-order chi connectivity index (χ1) is 5.45. The zero-order valence-corrected chi connectivity index (χ0v) is 16.1. The van der Waals surface area contributed by atoms with Gasteiger partial charge in [-0.05, 0) is 0 Å². The Balaban J connectivity index is 0.000000720. The van der Waals surface area contributed by atoms with E-state index in [1.54, 1.807) is 0 Å². The van der Waals surface area contributed by atoms with Crippen LogP contribution in [0.2, 0.25) is 0 Å². The molecule has 7 heteroatoms. The Hall–Kier alpha value is 1.92. The van der Waals surface area contributed by atoms with Crippen molar-refractivity contribution in [1.82, 2.24) is 0 Å². The Labute approximate surface area is 123 Å². The first kappa shape index (κ1) is 14.9. The van der Waals surface area contributed by atoms with Crippen molar-refractivity contribution in [3.63, 3.8) is 0 Å². The topological polar surface area (TPSA) is 24.7 Å². The van der Waals surface area contributed by atoms with Gasteiger partial charge < -0.3 is 24.8 Å². The Morgan fingerprint density at radius 2 is 1.38 bits per heavy atom. The van der Waals surface area contributed by atoms with Gasteiger partial charge in [0.25, 0.3) is 0 Å². The van der Waals surface area contributed by atoms with Gasteiger partial charge in [-0.15, -0.1) is 0 Å². The van der Waals surface area contributed by atoms with E-state index in [1.807, 2.05) is 0 Å². The number of rotatable bonds is 2. The molecule has 0 radical (unpaired) electrons. The van der Waals surface area contributed by atoms with Crippen molar-refractivity contribution in [1.29, 1.82) is 0 Å². The SMILES string of the molecule is [CH]1=C[C]([Zr+2][C]2=[N][SbH][CH]=C2)=[N][SbH]1.[Cl-].[Cl-]. The summed E-state index contributed by atoms with van der Waals surface area (Å²) in [6, 6.07) is 0. The van der Waals surface area contributed by atoms with Crippen LogP contribution in [0.15, 0.2) is 26.5 Å². The summed E-state index contributed by atoms with van der Waals surface area (Å²) in [7, 11) is 0. The van der Waals surface area contributed by atoms with E-state index in [2.05, 4.69) is 26.5 Å². The van der Waals surface area contributed by atoms with Crippen LogP contribution in [0.25, 0.3) is 0 Å². The minimum atomic E-state index is -0.497. The summed E-state index contributed by atoms with van der Waals surface area (Å²) in [4.78, 5) is 0. The first-order valence-electron chi connectivity index (χ1n) is 3.22. The molecule has 0 spiro atoms. The van der Waals surface area contributed by atoms with Crippen LogP contribution in [0.1, 0.15) is 0 Å². The molecule has 0 aromatic heterocycles. The van der Waals surface area contributed by atoms with E-state index in [0.717, 1.165) is 0 Å². The van der Waals surface area contributed by atoms with Crippen molar-refractivity contribution < 1.29 is 48.0 Å². The van der Waals surface area contributed by atoms with E-state index >= 15 is 0 Å². The Bertz CT molecular complexity index is 260. The monoisotopic (exact) mass is 508 g/mol. The average Bonchev–Trinajstić information content (AvgIpc) is 2.60. The molecule has 68 valence electrons. The van der Waals surface area contributed by atoms with Gasteiger partial charge in [0.1, 0.15) is 0 Å². The van der Waals surface area contributed by atoms with E-state index in [1.165, 1.54) is 6.84 Å². The predicted octanol–water partition coefficient (Wildman–Crippen LogP) is -6.37. The van der Waals surface area contributed by atoms with Crippen LogP contribution in [0.3, 0.4) is 0 Å². The van der Waals surface area contributed by atoms with Gasteiger partial charge in [-0.3, -0.25) is 0 Å². The smallest absolute Gasteiger partial charge is 1.00 e. The van der Waals surface area contributed by atoms with Crippen LogP contribution in [-0.2, 0) is 23.2 Å². The van der Waals surface area contributed by atoms with Crippen molar-refractivity contribution in [3.8, 4) is 0 Å². The zero-order valence-electron chi connectivity index (χ0n) is 6.46. The molecule has 0 unspecified atom stereocenters. The number of hydrogen-bond donors (Lipinski definition) is 0. The van der Waals surface area contributed by atoms with Gasteiger partial charge in [0.05, 0.1) is 0 Å². The Morgan fingerprint density at radius 1 is 0.923 bits per heavy atom. The van der Waals surface area contributed by atoms with E-state index in [-0.39, 0.29) is 24.8 Å². The maximum Gasteiger partial charge on any atom is -1.00 e. The summed E-state index contributed by atoms with van der Waals surface area (Å²) in [5.74, 6) is 0. The maximum atomic E-state index is 4.55. The van der Waals surface area contributed by atoms with Gasteiger partial charge in [-0.1, -0.05) is 0 Å². The standard InChI is InChI=1S/2C3H2N.2ClH.2Sb.Zr.2H/c2*1-2-3-4;;;;;;;/h2*1-2H;2*1H;;;;;/q2*-1;;;2*+1;+2;;/p-2. The predicted molar refractivity (Wildman–Crippen MR) is 47.4 cm³/mol. The largest absolute Gasteiger partial charge is 1.00 e. The van der Waals surface area contributed by atoms with E-state index < -0.39 is 67.0 Å². The van der Waals surface area contributed by atoms with Crippen molar-refractivity contribution in [2.75, 3.05) is 0 Å². The molecule has 0 fully saturated rings. The molecular weight excluding hydrogens is 506 g/mol. The zero-order chi connectivity index (χ0) is 7.52. The van der Waals surface area contributed by atoms with E-state index in [4.69, 9.17) is 0 Å². The van der Waals surface area contributed by atoms with Gasteiger partial charge in [0, 0.05) is 0 Å². The fourth-order valence-corrected chi connectivity index (χ4v) is 11.9. The molecule has 0 atom stereocenters. The molecule has 0 bridgehead atoms. The number of halogens is 2. The molecule has 0 aromatic rings. The molecule has 13 heavy (non-hydrogen) atoms. The number of hydrogen-bond acceptors (Lipinski definition) is 2. The van der Waals surface area contributed by atoms with Crippen LogP contribution in [0.5, 0.6) is 0 Å². The molecule has 0 saturated carbocycles. The second-order valence-corrected chi connectivity index (χ2v) is 9.83. The first-order valence-corrected chi connectivity index (χ1v) is 11.5. The molecule has 0 aromatic carbocycles. The molecular formula is C6H6Cl2N2Sb2Zr. The van der Waals surface area contributed by atoms with Crippen LogP contribution < -0.4 is 24.8 Å². The average molecular weight is 512 g/mol. The van der Waals surface area contributed by atoms with E-state index in [9.17, 15) is 0 Å². The molecule has 2 aliphatic rings. The van der Waals surface area contributed by atoms with Gasteiger partial charge in [-0.25, -0.2) is 0 Å². The van der Waals surface area contributed by atoms with Crippen molar-refractivity contribution in [2.45, 2.75) is 0 Å². The van der Waals surface area contributed by atoms with Gasteiger partial charge in [-0.2, -0.15) is 0 Å². The van der Waals surface area contributed by atoms with Crippen molar-refractivity contribution >= 4 is 50.6 Å². The quantitative estimate of drug-likeness (QED) is 0.330. The summed E-state index contributed by atoms with van der Waals surface area (Å²) in [5.41, 5.74) is 0. The summed E-state index contributed by atoms with van der Waals surface area (Å²) in [6.07, 6.45) is 4.50. The molecule has 0 saturated heterocycles. The minimum absolute atomic E-state index is 0. The maximum absolute atomic E-state index is 4.55. The third-order valence-electron chi connectivity index (χ3n) is 1.26. The summed E-state index contributed by atoms with van der Waals surface area (Å²) in [5, 5.41) is 0. The second kappa shape index (κ2) is 8.12. The normalized spacial score (nSPS) is 16.9. The molecule has 0 amide bonds. The second-order valence-electron chi connectivity index (χ2n) is 2.04. The molecule has 2 nitrogen and oxygen atoms in total. The molecule has 0 N–H and O–H groups in total. The molecule has 2 aliphatic heterocycles. The van der Waals surface area contributed by atoms with Gasteiger partial charge >= 0.3 is 100 Å². The summed E-state index contributed by atoms with van der Waals surface area (Å²) >= 11 is -1.29. The summed E-state index contributed by atoms with van der Waals surface area (Å²) < 4.78 is 16.6. The van der Waals surface area contributed by atoms with Crippen LogP contribution in [0, 0.1) is 0 Å². The van der Waals surface area contributed by atoms with Crippen LogP contribution in [0.4, 0.5) is 0 Å². The molecule has 0 aliphatic carbocycles. The van der Waals surface area contributed by atoms with Crippen LogP contribution in [-0.4, -0.2) is 50.6 Å². The van der Waals surface area contributed by atoms with Crippen LogP contribution >= 0.6 is 0 Å². The molecule has 2 rings (SSSR count). The minimum Gasteiger partial charge on any atom is -1.00 e. The third-order valence-corrected chi connectivity index (χ3v) is 10.9. The van der Waals surface area contributed by atoms with Gasteiger partial charge in [0.2, 0.25) is 0 Å². The van der Waals surface area contributed by atoms with Crippen molar-refractivity contribution in [2.24, 2.45) is 6.30 Å². The Kier molecular flexibility index (Phi) is 9.31. The molecule has 2 heterocycles. The van der Waals surface area contributed by atoms with Crippen molar-refractivity contribution in [3.05, 3.63) is 20.2 Å².